The van der Waals surface area contributed by atoms with Crippen LogP contribution in [0.1, 0.15) is 41.3 Å². The van der Waals surface area contributed by atoms with E-state index in [1.807, 2.05) is 4.90 Å². The molecule has 1 fully saturated rings. The van der Waals surface area contributed by atoms with Crippen molar-refractivity contribution in [1.82, 2.24) is 4.90 Å². The monoisotopic (exact) mass is 245 g/mol. The zero-order valence-electron chi connectivity index (χ0n) is 10.5. The molecular formula is C15H19NO2. The Labute approximate surface area is 108 Å². The van der Waals surface area contributed by atoms with Gasteiger partial charge in [-0.1, -0.05) is 18.2 Å². The second kappa shape index (κ2) is 5.83. The Hall–Kier alpha value is -1.61. The maximum Gasteiger partial charge on any atom is 0.253 e. The van der Waals surface area contributed by atoms with Crippen LogP contribution in [0.25, 0.3) is 0 Å². The van der Waals surface area contributed by atoms with Crippen LogP contribution in [0.4, 0.5) is 0 Å². The lowest BCUT2D eigenvalue weighted by molar-refractivity contribution is 0.0724. The lowest BCUT2D eigenvalue weighted by Crippen LogP contribution is -2.35. The van der Waals surface area contributed by atoms with Gasteiger partial charge in [0.05, 0.1) is 6.10 Å². The van der Waals surface area contributed by atoms with Gasteiger partial charge in [0.1, 0.15) is 0 Å². The zero-order valence-corrected chi connectivity index (χ0v) is 10.5. The van der Waals surface area contributed by atoms with Crippen LogP contribution in [0, 0.1) is 0 Å². The van der Waals surface area contributed by atoms with Crippen LogP contribution >= 0.6 is 0 Å². The molecule has 1 aliphatic heterocycles. The maximum atomic E-state index is 12.2. The molecule has 3 nitrogen and oxygen atoms in total. The second-order valence-electron chi connectivity index (χ2n) is 4.66. The number of carbonyl (C=O) groups excluding carboxylic acids is 1. The first kappa shape index (κ1) is 12.8. The van der Waals surface area contributed by atoms with Crippen LogP contribution in [0.2, 0.25) is 0 Å². The average Bonchev–Trinajstić information content (AvgIpc) is 2.47. The fraction of sp³-hybridized carbons (Fsp3) is 0.400. The minimum absolute atomic E-state index is 0.0920. The Morgan fingerprint density at radius 1 is 1.22 bits per heavy atom. The first-order chi connectivity index (χ1) is 8.72. The van der Waals surface area contributed by atoms with E-state index in [-0.39, 0.29) is 5.91 Å². The summed E-state index contributed by atoms with van der Waals surface area (Å²) in [5, 5.41) is 9.59. The summed E-state index contributed by atoms with van der Waals surface area (Å²) in [7, 11) is 0. The smallest absolute Gasteiger partial charge is 0.253 e. The zero-order chi connectivity index (χ0) is 13.0. The van der Waals surface area contributed by atoms with Crippen molar-refractivity contribution in [2.24, 2.45) is 0 Å². The van der Waals surface area contributed by atoms with Gasteiger partial charge in [-0.05, 0) is 37.0 Å². The molecule has 96 valence electrons. The highest BCUT2D eigenvalue weighted by Crippen LogP contribution is 2.17. The number of likely N-dealkylation sites (tertiary alicyclic amines) is 1. The van der Waals surface area contributed by atoms with E-state index in [1.54, 1.807) is 24.3 Å². The molecule has 1 aliphatic rings. The maximum absolute atomic E-state index is 12.2. The summed E-state index contributed by atoms with van der Waals surface area (Å²) in [5.74, 6) is 0.0920. The molecule has 1 N–H and O–H groups in total. The van der Waals surface area contributed by atoms with Crippen LogP contribution < -0.4 is 0 Å². The minimum Gasteiger partial charge on any atom is -0.384 e. The van der Waals surface area contributed by atoms with E-state index in [2.05, 4.69) is 6.58 Å². The summed E-state index contributed by atoms with van der Waals surface area (Å²) in [6.45, 7) is 5.26. The van der Waals surface area contributed by atoms with Crippen LogP contribution in [0.3, 0.4) is 0 Å². The standard InChI is InChI=1S/C15H19NO2/c1-2-14(17)12-6-8-13(9-7-12)15(18)16-10-4-3-5-11-16/h2,6-9,14,17H,1,3-5,10-11H2. The molecule has 1 aromatic carbocycles. The van der Waals surface area contributed by atoms with Crippen molar-refractivity contribution in [3.8, 4) is 0 Å². The van der Waals surface area contributed by atoms with Crippen molar-refractivity contribution < 1.29 is 9.90 Å². The number of aliphatic hydroxyl groups excluding tert-OH is 1. The third kappa shape index (κ3) is 2.79. The molecule has 3 heteroatoms. The largest absolute Gasteiger partial charge is 0.384 e. The Bertz CT molecular complexity index is 419. The molecule has 0 bridgehead atoms. The van der Waals surface area contributed by atoms with Crippen molar-refractivity contribution in [2.75, 3.05) is 13.1 Å². The SMILES string of the molecule is C=CC(O)c1ccc(C(=O)N2CCCCC2)cc1. The number of amides is 1. The molecule has 0 aliphatic carbocycles. The molecule has 0 spiro atoms. The van der Waals surface area contributed by atoms with Crippen molar-refractivity contribution in [3.05, 3.63) is 48.0 Å². The van der Waals surface area contributed by atoms with Crippen LogP contribution in [-0.2, 0) is 0 Å². The fourth-order valence-corrected chi connectivity index (χ4v) is 2.24. The number of hydrogen-bond donors (Lipinski definition) is 1. The van der Waals surface area contributed by atoms with Gasteiger partial charge >= 0.3 is 0 Å². The van der Waals surface area contributed by atoms with E-state index < -0.39 is 6.10 Å². The molecular weight excluding hydrogens is 226 g/mol. The van der Waals surface area contributed by atoms with Gasteiger partial charge in [0, 0.05) is 18.7 Å². The third-order valence-electron chi connectivity index (χ3n) is 3.37. The summed E-state index contributed by atoms with van der Waals surface area (Å²) in [5.41, 5.74) is 1.46. The lowest BCUT2D eigenvalue weighted by Gasteiger charge is -2.26. The highest BCUT2D eigenvalue weighted by atomic mass is 16.3. The predicted molar refractivity (Wildman–Crippen MR) is 71.4 cm³/mol. The van der Waals surface area contributed by atoms with Crippen LogP contribution in [0.15, 0.2) is 36.9 Å². The Kier molecular flexibility index (Phi) is 4.15. The van der Waals surface area contributed by atoms with Gasteiger partial charge in [-0.25, -0.2) is 0 Å². The summed E-state index contributed by atoms with van der Waals surface area (Å²) in [4.78, 5) is 14.1. The molecule has 0 saturated carbocycles. The number of piperidine rings is 1. The Morgan fingerprint density at radius 3 is 2.39 bits per heavy atom. The first-order valence-corrected chi connectivity index (χ1v) is 6.42. The van der Waals surface area contributed by atoms with Crippen molar-refractivity contribution in [2.45, 2.75) is 25.4 Å². The summed E-state index contributed by atoms with van der Waals surface area (Å²) in [6, 6.07) is 7.12. The van der Waals surface area contributed by atoms with Crippen LogP contribution in [0.5, 0.6) is 0 Å². The van der Waals surface area contributed by atoms with Gasteiger partial charge in [-0.3, -0.25) is 4.79 Å². The molecule has 18 heavy (non-hydrogen) atoms. The number of carbonyl (C=O) groups is 1. The van der Waals surface area contributed by atoms with Crippen LogP contribution in [-0.4, -0.2) is 29.0 Å². The first-order valence-electron chi connectivity index (χ1n) is 6.42. The predicted octanol–water partition coefficient (Wildman–Crippen LogP) is 2.53. The molecule has 1 saturated heterocycles. The molecule has 1 aromatic rings. The molecule has 1 heterocycles. The van der Waals surface area contributed by atoms with Crippen molar-refractivity contribution in [3.63, 3.8) is 0 Å². The fourth-order valence-electron chi connectivity index (χ4n) is 2.24. The molecule has 1 unspecified atom stereocenters. The van der Waals surface area contributed by atoms with Gasteiger partial charge < -0.3 is 10.0 Å². The Balaban J connectivity index is 2.08. The summed E-state index contributed by atoms with van der Waals surface area (Å²) < 4.78 is 0. The lowest BCUT2D eigenvalue weighted by atomic mass is 10.0. The highest BCUT2D eigenvalue weighted by Gasteiger charge is 2.18. The van der Waals surface area contributed by atoms with Gasteiger partial charge in [0.25, 0.3) is 5.91 Å². The highest BCUT2D eigenvalue weighted by molar-refractivity contribution is 5.94. The minimum atomic E-state index is -0.663. The van der Waals surface area contributed by atoms with Gasteiger partial charge in [-0.2, -0.15) is 0 Å². The number of rotatable bonds is 3. The number of hydrogen-bond acceptors (Lipinski definition) is 2. The van der Waals surface area contributed by atoms with E-state index in [1.165, 1.54) is 12.5 Å². The summed E-state index contributed by atoms with van der Waals surface area (Å²) in [6.07, 6.45) is 4.22. The molecule has 1 atom stereocenters. The average molecular weight is 245 g/mol. The number of aliphatic hydroxyl groups is 1. The topological polar surface area (TPSA) is 40.5 Å². The second-order valence-corrected chi connectivity index (χ2v) is 4.66. The van der Waals surface area contributed by atoms with E-state index in [4.69, 9.17) is 0 Å². The van der Waals surface area contributed by atoms with E-state index >= 15 is 0 Å². The van der Waals surface area contributed by atoms with E-state index in [9.17, 15) is 9.90 Å². The van der Waals surface area contributed by atoms with Crippen molar-refractivity contribution in [1.29, 1.82) is 0 Å². The normalized spacial score (nSPS) is 17.3. The molecule has 0 aromatic heterocycles. The number of benzene rings is 1. The third-order valence-corrected chi connectivity index (χ3v) is 3.37. The van der Waals surface area contributed by atoms with E-state index in [0.29, 0.717) is 5.56 Å². The Morgan fingerprint density at radius 2 is 1.83 bits per heavy atom. The van der Waals surface area contributed by atoms with Gasteiger partial charge in [0.15, 0.2) is 0 Å². The number of nitrogens with zero attached hydrogens (tertiary/aromatic N) is 1. The molecule has 0 radical (unpaired) electrons. The molecule has 2 rings (SSSR count). The molecule has 1 amide bonds. The quantitative estimate of drug-likeness (QED) is 0.831. The van der Waals surface area contributed by atoms with Gasteiger partial charge in [-0.15, -0.1) is 6.58 Å². The van der Waals surface area contributed by atoms with Gasteiger partial charge in [0.2, 0.25) is 0 Å². The summed E-state index contributed by atoms with van der Waals surface area (Å²) >= 11 is 0. The van der Waals surface area contributed by atoms with Crippen molar-refractivity contribution >= 4 is 5.91 Å². The van der Waals surface area contributed by atoms with E-state index in [0.717, 1.165) is 31.5 Å².